The second-order valence-corrected chi connectivity index (χ2v) is 2.45. The maximum absolute atomic E-state index is 9.11. The Kier molecular flexibility index (Phi) is 2.29. The van der Waals surface area contributed by atoms with E-state index < -0.39 is 12.2 Å². The molecule has 0 amide bonds. The van der Waals surface area contributed by atoms with E-state index in [1.54, 1.807) is 13.2 Å². The molecule has 2 unspecified atom stereocenters. The molecule has 3 nitrogen and oxygen atoms in total. The number of ether oxygens (including phenoxy) is 1. The van der Waals surface area contributed by atoms with E-state index in [1.165, 1.54) is 0 Å². The lowest BCUT2D eigenvalue weighted by atomic mass is 10.0. The Morgan fingerprint density at radius 3 is 2.70 bits per heavy atom. The van der Waals surface area contributed by atoms with Crippen LogP contribution in [-0.4, -0.2) is 29.5 Å². The van der Waals surface area contributed by atoms with Crippen molar-refractivity contribution in [3.8, 4) is 0 Å². The SMILES string of the molecule is COC1=CCC(O)C(O)C1. The van der Waals surface area contributed by atoms with Crippen molar-refractivity contribution in [2.45, 2.75) is 25.0 Å². The molecule has 0 fully saturated rings. The average molecular weight is 144 g/mol. The smallest absolute Gasteiger partial charge is 0.0943 e. The molecule has 2 atom stereocenters. The van der Waals surface area contributed by atoms with Gasteiger partial charge in [-0.15, -0.1) is 0 Å². The van der Waals surface area contributed by atoms with Crippen LogP contribution < -0.4 is 0 Å². The van der Waals surface area contributed by atoms with Crippen LogP contribution in [0.1, 0.15) is 12.8 Å². The van der Waals surface area contributed by atoms with Gasteiger partial charge >= 0.3 is 0 Å². The summed E-state index contributed by atoms with van der Waals surface area (Å²) < 4.78 is 4.90. The Bertz CT molecular complexity index is 142. The van der Waals surface area contributed by atoms with E-state index in [-0.39, 0.29) is 0 Å². The Balaban J connectivity index is 2.52. The number of hydrogen-bond acceptors (Lipinski definition) is 3. The van der Waals surface area contributed by atoms with E-state index in [4.69, 9.17) is 14.9 Å². The van der Waals surface area contributed by atoms with Gasteiger partial charge in [-0.2, -0.15) is 0 Å². The number of aliphatic hydroxyl groups is 2. The van der Waals surface area contributed by atoms with Crippen molar-refractivity contribution < 1.29 is 14.9 Å². The molecule has 0 radical (unpaired) electrons. The van der Waals surface area contributed by atoms with Gasteiger partial charge in [0, 0.05) is 6.42 Å². The number of hydrogen-bond donors (Lipinski definition) is 2. The van der Waals surface area contributed by atoms with Crippen molar-refractivity contribution in [1.29, 1.82) is 0 Å². The maximum atomic E-state index is 9.11. The highest BCUT2D eigenvalue weighted by molar-refractivity contribution is 5.02. The van der Waals surface area contributed by atoms with Gasteiger partial charge in [0.1, 0.15) is 0 Å². The van der Waals surface area contributed by atoms with Gasteiger partial charge < -0.3 is 14.9 Å². The third-order valence-electron chi connectivity index (χ3n) is 1.70. The van der Waals surface area contributed by atoms with Gasteiger partial charge in [0.25, 0.3) is 0 Å². The van der Waals surface area contributed by atoms with Crippen molar-refractivity contribution in [2.75, 3.05) is 7.11 Å². The first-order chi connectivity index (χ1) is 4.74. The first-order valence-electron chi connectivity index (χ1n) is 3.33. The van der Waals surface area contributed by atoms with Crippen LogP contribution in [0.25, 0.3) is 0 Å². The Morgan fingerprint density at radius 1 is 1.50 bits per heavy atom. The van der Waals surface area contributed by atoms with Crippen LogP contribution >= 0.6 is 0 Å². The summed E-state index contributed by atoms with van der Waals surface area (Å²) in [5.41, 5.74) is 0. The monoisotopic (exact) mass is 144 g/mol. The standard InChI is InChI=1S/C7H12O3/c1-10-5-2-3-6(8)7(9)4-5/h2,6-9H,3-4H2,1H3. The molecule has 0 aromatic carbocycles. The van der Waals surface area contributed by atoms with Gasteiger partial charge in [-0.05, 0) is 12.5 Å². The van der Waals surface area contributed by atoms with Gasteiger partial charge in [-0.1, -0.05) is 0 Å². The lowest BCUT2D eigenvalue weighted by Gasteiger charge is -2.22. The first kappa shape index (κ1) is 7.57. The van der Waals surface area contributed by atoms with Crippen molar-refractivity contribution in [3.05, 3.63) is 11.8 Å². The molecule has 0 saturated heterocycles. The summed E-state index contributed by atoms with van der Waals surface area (Å²) in [5, 5.41) is 18.1. The van der Waals surface area contributed by atoms with E-state index >= 15 is 0 Å². The fraction of sp³-hybridized carbons (Fsp3) is 0.714. The highest BCUT2D eigenvalue weighted by Crippen LogP contribution is 2.18. The quantitative estimate of drug-likeness (QED) is 0.546. The van der Waals surface area contributed by atoms with E-state index in [2.05, 4.69) is 0 Å². The molecule has 0 aromatic rings. The van der Waals surface area contributed by atoms with Crippen LogP contribution in [0.3, 0.4) is 0 Å². The minimum absolute atomic E-state index is 0.428. The van der Waals surface area contributed by atoms with Gasteiger partial charge in [-0.25, -0.2) is 0 Å². The molecular formula is C7H12O3. The molecule has 0 bridgehead atoms. The van der Waals surface area contributed by atoms with E-state index in [9.17, 15) is 0 Å². The lowest BCUT2D eigenvalue weighted by molar-refractivity contribution is 0.00587. The number of methoxy groups -OCH3 is 1. The van der Waals surface area contributed by atoms with E-state index in [1.807, 2.05) is 0 Å². The highest BCUT2D eigenvalue weighted by Gasteiger charge is 2.21. The molecule has 0 aromatic heterocycles. The summed E-state index contributed by atoms with van der Waals surface area (Å²) in [4.78, 5) is 0. The van der Waals surface area contributed by atoms with Gasteiger partial charge in [-0.3, -0.25) is 0 Å². The number of aliphatic hydroxyl groups excluding tert-OH is 2. The van der Waals surface area contributed by atoms with Crippen LogP contribution in [0.2, 0.25) is 0 Å². The summed E-state index contributed by atoms with van der Waals surface area (Å²) in [6, 6.07) is 0. The normalized spacial score (nSPS) is 33.3. The predicted octanol–water partition coefficient (Wildman–Crippen LogP) is 0.0323. The summed E-state index contributed by atoms with van der Waals surface area (Å²) in [7, 11) is 1.57. The van der Waals surface area contributed by atoms with Crippen molar-refractivity contribution in [3.63, 3.8) is 0 Å². The first-order valence-corrected chi connectivity index (χ1v) is 3.33. The summed E-state index contributed by atoms with van der Waals surface area (Å²) in [6.45, 7) is 0. The molecule has 3 heteroatoms. The molecule has 0 saturated carbocycles. The van der Waals surface area contributed by atoms with Crippen molar-refractivity contribution in [2.24, 2.45) is 0 Å². The average Bonchev–Trinajstić information content (AvgIpc) is 1.95. The van der Waals surface area contributed by atoms with Gasteiger partial charge in [0.2, 0.25) is 0 Å². The second kappa shape index (κ2) is 3.03. The zero-order valence-electron chi connectivity index (χ0n) is 5.95. The number of rotatable bonds is 1. The largest absolute Gasteiger partial charge is 0.501 e. The fourth-order valence-electron chi connectivity index (χ4n) is 1.00. The Labute approximate surface area is 59.9 Å². The molecule has 0 spiro atoms. The van der Waals surface area contributed by atoms with Gasteiger partial charge in [0.05, 0.1) is 25.1 Å². The van der Waals surface area contributed by atoms with Gasteiger partial charge in [0.15, 0.2) is 0 Å². The molecule has 1 aliphatic carbocycles. The molecule has 0 heterocycles. The third-order valence-corrected chi connectivity index (χ3v) is 1.70. The summed E-state index contributed by atoms with van der Waals surface area (Å²) >= 11 is 0. The summed E-state index contributed by atoms with van der Waals surface area (Å²) in [5.74, 6) is 0.762. The van der Waals surface area contributed by atoms with Crippen LogP contribution in [0.15, 0.2) is 11.8 Å². The van der Waals surface area contributed by atoms with Crippen LogP contribution in [0, 0.1) is 0 Å². The molecule has 0 aliphatic heterocycles. The highest BCUT2D eigenvalue weighted by atomic mass is 16.5. The molecular weight excluding hydrogens is 132 g/mol. The zero-order valence-corrected chi connectivity index (χ0v) is 5.95. The van der Waals surface area contributed by atoms with Crippen molar-refractivity contribution >= 4 is 0 Å². The van der Waals surface area contributed by atoms with Crippen LogP contribution in [0.4, 0.5) is 0 Å². The molecule has 2 N–H and O–H groups in total. The minimum atomic E-state index is -0.653. The van der Waals surface area contributed by atoms with E-state index in [0.717, 1.165) is 5.76 Å². The molecule has 1 aliphatic rings. The third kappa shape index (κ3) is 1.49. The molecule has 58 valence electrons. The second-order valence-electron chi connectivity index (χ2n) is 2.45. The molecule has 1 rings (SSSR count). The Hall–Kier alpha value is -0.540. The summed E-state index contributed by atoms with van der Waals surface area (Å²) in [6.07, 6.45) is 1.46. The lowest BCUT2D eigenvalue weighted by Crippen LogP contribution is -2.29. The minimum Gasteiger partial charge on any atom is -0.501 e. The predicted molar refractivity (Wildman–Crippen MR) is 36.3 cm³/mol. The molecule has 10 heavy (non-hydrogen) atoms. The van der Waals surface area contributed by atoms with Crippen molar-refractivity contribution in [1.82, 2.24) is 0 Å². The van der Waals surface area contributed by atoms with Crippen LogP contribution in [-0.2, 0) is 4.74 Å². The maximum Gasteiger partial charge on any atom is 0.0943 e. The zero-order chi connectivity index (χ0) is 7.56. The van der Waals surface area contributed by atoms with E-state index in [0.29, 0.717) is 12.8 Å². The fourth-order valence-corrected chi connectivity index (χ4v) is 1.00. The van der Waals surface area contributed by atoms with Crippen LogP contribution in [0.5, 0.6) is 0 Å². The topological polar surface area (TPSA) is 49.7 Å². The Morgan fingerprint density at radius 2 is 2.20 bits per heavy atom.